The number of amides is 1. The summed E-state index contributed by atoms with van der Waals surface area (Å²) in [5.74, 6) is -0.142. The van der Waals surface area contributed by atoms with Crippen molar-refractivity contribution in [3.05, 3.63) is 29.1 Å². The van der Waals surface area contributed by atoms with Crippen LogP contribution < -0.4 is 10.1 Å². The summed E-state index contributed by atoms with van der Waals surface area (Å²) < 4.78 is 19.0. The van der Waals surface area contributed by atoms with Crippen LogP contribution >= 0.6 is 0 Å². The molecule has 1 aromatic rings. The smallest absolute Gasteiger partial charge is 0.257 e. The van der Waals surface area contributed by atoms with Gasteiger partial charge in [-0.3, -0.25) is 4.79 Å². The molecule has 0 fully saturated rings. The highest BCUT2D eigenvalue weighted by atomic mass is 19.1. The van der Waals surface area contributed by atoms with E-state index in [2.05, 4.69) is 5.32 Å². The average Bonchev–Trinajstić information content (AvgIpc) is 2.79. The Hall–Kier alpha value is -1.62. The molecule has 0 spiro atoms. The molecule has 18 heavy (non-hydrogen) atoms. The first-order valence-corrected chi connectivity index (χ1v) is 5.89. The number of halogens is 1. The Kier molecular flexibility index (Phi) is 3.81. The maximum Gasteiger partial charge on any atom is 0.257 e. The largest absolute Gasteiger partial charge is 0.484 e. The maximum absolute atomic E-state index is 13.8. The maximum atomic E-state index is 13.8. The second-order valence-corrected chi connectivity index (χ2v) is 4.46. The topological polar surface area (TPSA) is 58.6 Å². The van der Waals surface area contributed by atoms with Crippen molar-refractivity contribution in [1.82, 2.24) is 5.32 Å². The van der Waals surface area contributed by atoms with Crippen LogP contribution in [0.2, 0.25) is 0 Å². The number of nitrogens with one attached hydrogen (secondary N) is 1. The number of hydrogen-bond acceptors (Lipinski definition) is 3. The summed E-state index contributed by atoms with van der Waals surface area (Å²) >= 11 is 0. The number of rotatable bonds is 4. The monoisotopic (exact) mass is 253 g/mol. The van der Waals surface area contributed by atoms with Crippen molar-refractivity contribution in [2.24, 2.45) is 5.92 Å². The minimum Gasteiger partial charge on any atom is -0.484 e. The molecule has 1 unspecified atom stereocenters. The van der Waals surface area contributed by atoms with Gasteiger partial charge in [0.15, 0.2) is 6.61 Å². The van der Waals surface area contributed by atoms with E-state index in [0.717, 1.165) is 5.56 Å². The van der Waals surface area contributed by atoms with Crippen LogP contribution in [-0.4, -0.2) is 31.3 Å². The van der Waals surface area contributed by atoms with Gasteiger partial charge >= 0.3 is 0 Å². The molecule has 1 amide bonds. The fraction of sp³-hybridized carbons (Fsp3) is 0.462. The van der Waals surface area contributed by atoms with Gasteiger partial charge in [-0.15, -0.1) is 0 Å². The van der Waals surface area contributed by atoms with E-state index in [-0.39, 0.29) is 30.9 Å². The minimum atomic E-state index is -0.324. The first-order chi connectivity index (χ1) is 8.63. The van der Waals surface area contributed by atoms with Crippen molar-refractivity contribution >= 4 is 5.91 Å². The number of likely N-dealkylation sites (N-methyl/N-ethyl adjacent to an activating group) is 1. The van der Waals surface area contributed by atoms with Crippen LogP contribution in [0.5, 0.6) is 5.75 Å². The highest BCUT2D eigenvalue weighted by Crippen LogP contribution is 2.32. The van der Waals surface area contributed by atoms with Crippen molar-refractivity contribution in [3.8, 4) is 5.75 Å². The van der Waals surface area contributed by atoms with E-state index in [0.29, 0.717) is 24.2 Å². The number of carbonyl (C=O) groups is 1. The van der Waals surface area contributed by atoms with E-state index < -0.39 is 0 Å². The molecule has 1 aromatic carbocycles. The fourth-order valence-corrected chi connectivity index (χ4v) is 2.18. The molecular weight excluding hydrogens is 237 g/mol. The third-order valence-electron chi connectivity index (χ3n) is 3.17. The minimum absolute atomic E-state index is 0.0581. The van der Waals surface area contributed by atoms with Crippen molar-refractivity contribution < 1.29 is 19.0 Å². The van der Waals surface area contributed by atoms with Gasteiger partial charge in [0.1, 0.15) is 11.6 Å². The van der Waals surface area contributed by atoms with Crippen LogP contribution in [0.15, 0.2) is 12.1 Å². The predicted octanol–water partition coefficient (Wildman–Crippen LogP) is 0.658. The molecule has 98 valence electrons. The third kappa shape index (κ3) is 2.61. The third-order valence-corrected chi connectivity index (χ3v) is 3.17. The Morgan fingerprint density at radius 3 is 3.00 bits per heavy atom. The quantitative estimate of drug-likeness (QED) is 0.828. The van der Waals surface area contributed by atoms with Gasteiger partial charge in [-0.05, 0) is 36.0 Å². The van der Waals surface area contributed by atoms with Gasteiger partial charge in [0.05, 0.1) is 0 Å². The van der Waals surface area contributed by atoms with Crippen molar-refractivity contribution in [2.45, 2.75) is 12.8 Å². The molecule has 0 bridgehead atoms. The highest BCUT2D eigenvalue weighted by Gasteiger charge is 2.24. The highest BCUT2D eigenvalue weighted by molar-refractivity contribution is 5.77. The first kappa shape index (κ1) is 12.8. The summed E-state index contributed by atoms with van der Waals surface area (Å²) in [6, 6.07) is 3.04. The van der Waals surface area contributed by atoms with Crippen LogP contribution in [0.3, 0.4) is 0 Å². The molecule has 2 rings (SSSR count). The standard InChI is InChI=1S/C13H16FNO3/c1-15-13(17)7-18-10-4-9-2-8(6-16)3-11(9)12(14)5-10/h4-5,8,16H,2-3,6-7H2,1H3,(H,15,17). The molecule has 0 saturated heterocycles. The zero-order valence-corrected chi connectivity index (χ0v) is 10.2. The van der Waals surface area contributed by atoms with Gasteiger partial charge in [0.25, 0.3) is 5.91 Å². The molecule has 0 radical (unpaired) electrons. The normalized spacial score (nSPS) is 17.4. The van der Waals surface area contributed by atoms with E-state index in [9.17, 15) is 9.18 Å². The van der Waals surface area contributed by atoms with Crippen LogP contribution in [0, 0.1) is 11.7 Å². The number of fused-ring (bicyclic) bond motifs is 1. The molecule has 5 heteroatoms. The molecule has 2 N–H and O–H groups in total. The molecular formula is C13H16FNO3. The van der Waals surface area contributed by atoms with E-state index in [1.54, 1.807) is 6.07 Å². The first-order valence-electron chi connectivity index (χ1n) is 5.89. The number of carbonyl (C=O) groups excluding carboxylic acids is 1. The number of ether oxygens (including phenoxy) is 1. The van der Waals surface area contributed by atoms with Gasteiger partial charge in [-0.25, -0.2) is 4.39 Å². The Morgan fingerprint density at radius 2 is 2.33 bits per heavy atom. The summed E-state index contributed by atoms with van der Waals surface area (Å²) in [7, 11) is 1.51. The van der Waals surface area contributed by atoms with Crippen LogP contribution in [0.4, 0.5) is 4.39 Å². The zero-order valence-electron chi connectivity index (χ0n) is 10.2. The number of aliphatic hydroxyl groups excluding tert-OH is 1. The van der Waals surface area contributed by atoms with Crippen LogP contribution in [0.25, 0.3) is 0 Å². The number of hydrogen-bond donors (Lipinski definition) is 2. The van der Waals surface area contributed by atoms with E-state index in [1.165, 1.54) is 13.1 Å². The molecule has 0 aliphatic heterocycles. The van der Waals surface area contributed by atoms with Gasteiger partial charge in [-0.1, -0.05) is 0 Å². The lowest BCUT2D eigenvalue weighted by molar-refractivity contribution is -0.122. The fourth-order valence-electron chi connectivity index (χ4n) is 2.18. The van der Waals surface area contributed by atoms with Crippen LogP contribution in [0.1, 0.15) is 11.1 Å². The van der Waals surface area contributed by atoms with Gasteiger partial charge in [-0.2, -0.15) is 0 Å². The number of benzene rings is 1. The molecule has 1 atom stereocenters. The van der Waals surface area contributed by atoms with Gasteiger partial charge < -0.3 is 15.2 Å². The lowest BCUT2D eigenvalue weighted by Gasteiger charge is -2.08. The SMILES string of the molecule is CNC(=O)COc1cc(F)c2c(c1)CC(CO)C2. The summed E-state index contributed by atoms with van der Waals surface area (Å²) in [6.45, 7) is -0.0687. The van der Waals surface area contributed by atoms with Gasteiger partial charge in [0.2, 0.25) is 0 Å². The molecule has 0 aromatic heterocycles. The second-order valence-electron chi connectivity index (χ2n) is 4.46. The zero-order chi connectivity index (χ0) is 13.1. The Bertz CT molecular complexity index is 462. The summed E-state index contributed by atoms with van der Waals surface area (Å²) in [4.78, 5) is 11.0. The summed E-state index contributed by atoms with van der Waals surface area (Å²) in [5, 5.41) is 11.5. The Balaban J connectivity index is 2.12. The molecule has 1 aliphatic carbocycles. The van der Waals surface area contributed by atoms with Crippen LogP contribution in [-0.2, 0) is 17.6 Å². The average molecular weight is 253 g/mol. The molecule has 0 heterocycles. The number of aliphatic hydroxyl groups is 1. The molecule has 1 aliphatic rings. The predicted molar refractivity (Wildman–Crippen MR) is 63.9 cm³/mol. The summed E-state index contributed by atoms with van der Waals surface area (Å²) in [6.07, 6.45) is 1.22. The van der Waals surface area contributed by atoms with Gasteiger partial charge in [0, 0.05) is 19.7 Å². The summed E-state index contributed by atoms with van der Waals surface area (Å²) in [5.41, 5.74) is 1.52. The van der Waals surface area contributed by atoms with E-state index in [1.807, 2.05) is 0 Å². The van der Waals surface area contributed by atoms with E-state index in [4.69, 9.17) is 9.84 Å². The second kappa shape index (κ2) is 5.35. The molecule has 4 nitrogen and oxygen atoms in total. The van der Waals surface area contributed by atoms with Crippen molar-refractivity contribution in [3.63, 3.8) is 0 Å². The Labute approximate surface area is 105 Å². The van der Waals surface area contributed by atoms with E-state index >= 15 is 0 Å². The lowest BCUT2D eigenvalue weighted by Crippen LogP contribution is -2.24. The Morgan fingerprint density at radius 1 is 1.56 bits per heavy atom. The van der Waals surface area contributed by atoms with Crippen molar-refractivity contribution in [1.29, 1.82) is 0 Å². The van der Waals surface area contributed by atoms with Crippen molar-refractivity contribution in [2.75, 3.05) is 20.3 Å². The molecule has 0 saturated carbocycles. The lowest BCUT2D eigenvalue weighted by atomic mass is 10.1.